The van der Waals surface area contributed by atoms with Gasteiger partial charge in [-0.05, 0) is 118 Å². The van der Waals surface area contributed by atoms with E-state index in [9.17, 15) is 33.6 Å². The van der Waals surface area contributed by atoms with Gasteiger partial charge in [0.25, 0.3) is 0 Å². The van der Waals surface area contributed by atoms with E-state index in [1.54, 1.807) is 38.1 Å². The molecule has 1 aliphatic rings. The normalized spacial score (nSPS) is 18.3. The Hall–Kier alpha value is -5.94. The fourth-order valence-corrected chi connectivity index (χ4v) is 9.71. The Bertz CT molecular complexity index is 2440. The van der Waals surface area contributed by atoms with Crippen molar-refractivity contribution in [1.29, 1.82) is 0 Å². The Labute approximate surface area is 515 Å². The van der Waals surface area contributed by atoms with E-state index in [1.165, 1.54) is 13.2 Å². The third-order valence-electron chi connectivity index (χ3n) is 15.1. The van der Waals surface area contributed by atoms with Gasteiger partial charge in [0, 0.05) is 31.5 Å². The number of amides is 5. The van der Waals surface area contributed by atoms with E-state index in [1.807, 2.05) is 51.1 Å². The summed E-state index contributed by atoms with van der Waals surface area (Å²) in [6, 6.07) is 11.1. The van der Waals surface area contributed by atoms with Gasteiger partial charge in [0.05, 0.1) is 82.9 Å². The number of carbonyl (C=O) groups excluding carboxylic acids is 7. The zero-order valence-corrected chi connectivity index (χ0v) is 53.1. The molecule has 0 radical (unpaired) electrons. The first kappa shape index (κ1) is 74.3. The van der Waals surface area contributed by atoms with Crippen molar-refractivity contribution in [3.8, 4) is 5.75 Å². The van der Waals surface area contributed by atoms with Gasteiger partial charge < -0.3 is 59.6 Å². The molecule has 2 unspecified atom stereocenters. The monoisotopic (exact) mass is 1230 g/mol. The van der Waals surface area contributed by atoms with Gasteiger partial charge in [-0.1, -0.05) is 102 Å². The van der Waals surface area contributed by atoms with Gasteiger partial charge in [-0.3, -0.25) is 34.6 Å². The third-order valence-corrected chi connectivity index (χ3v) is 15.4. The summed E-state index contributed by atoms with van der Waals surface area (Å²) in [7, 11) is 1.50. The van der Waals surface area contributed by atoms with E-state index in [0.29, 0.717) is 75.2 Å². The number of carbonyl (C=O) groups is 7. The molecule has 21 nitrogen and oxygen atoms in total. The predicted molar refractivity (Wildman–Crippen MR) is 329 cm³/mol. The lowest BCUT2D eigenvalue weighted by atomic mass is 9.79. The molecule has 482 valence electrons. The van der Waals surface area contributed by atoms with Crippen molar-refractivity contribution < 1.29 is 71.5 Å². The highest BCUT2D eigenvalue weighted by atomic mass is 35.5. The van der Waals surface area contributed by atoms with E-state index in [-0.39, 0.29) is 94.4 Å². The largest absolute Gasteiger partial charge is 0.495 e. The molecule has 1 heterocycles. The zero-order chi connectivity index (χ0) is 63.5. The molecule has 1 aliphatic heterocycles. The summed E-state index contributed by atoms with van der Waals surface area (Å²) in [4.78, 5) is 92.7. The molecule has 86 heavy (non-hydrogen) atoms. The number of cyclic esters (lactones) is 2. The van der Waals surface area contributed by atoms with Crippen molar-refractivity contribution >= 4 is 53.3 Å². The molecule has 0 spiro atoms. The molecule has 5 amide bonds. The average Bonchev–Trinajstić information content (AvgIpc) is 3.67. The molecule has 6 atom stereocenters. The first-order chi connectivity index (χ1) is 41.1. The van der Waals surface area contributed by atoms with E-state index >= 15 is 0 Å². The number of ether oxygens (including phenoxy) is 8. The van der Waals surface area contributed by atoms with Crippen LogP contribution in [0, 0.1) is 23.2 Å². The van der Waals surface area contributed by atoms with Crippen molar-refractivity contribution in [2.45, 2.75) is 162 Å². The minimum Gasteiger partial charge on any atom is -0.495 e. The fraction of sp³-hybridized carbons (Fsp3) is 0.641. The molecule has 0 aliphatic carbocycles. The number of imide groups is 1. The smallest absolute Gasteiger partial charge is 0.407 e. The van der Waals surface area contributed by atoms with Crippen LogP contribution >= 0.6 is 11.6 Å². The van der Waals surface area contributed by atoms with Crippen LogP contribution in [-0.4, -0.2) is 151 Å². The first-order valence-corrected chi connectivity index (χ1v) is 30.7. The molecule has 0 fully saturated rings. The van der Waals surface area contributed by atoms with Crippen molar-refractivity contribution in [1.82, 2.24) is 26.6 Å². The minimum absolute atomic E-state index is 0.0244. The van der Waals surface area contributed by atoms with E-state index in [0.717, 1.165) is 36.8 Å². The summed E-state index contributed by atoms with van der Waals surface area (Å²) in [5.41, 5.74) is 6.59. The van der Waals surface area contributed by atoms with Gasteiger partial charge in [-0.25, -0.2) is 9.59 Å². The lowest BCUT2D eigenvalue weighted by Gasteiger charge is -2.40. The number of benzene rings is 2. The first-order valence-electron chi connectivity index (χ1n) is 30.3. The number of rotatable bonds is 37. The second-order valence-electron chi connectivity index (χ2n) is 22.8. The van der Waals surface area contributed by atoms with Gasteiger partial charge >= 0.3 is 18.0 Å². The summed E-state index contributed by atoms with van der Waals surface area (Å²) < 4.78 is 44.8. The SMILES string of the molecule is C=CC(C)C(CC)(CC)N[C@@H](CCCCN)C(=O)NC(=O)CCOCCOCCOCCOCCNC(=O)OCc1ccc(CCC(C)[C@@H]2C/C=C/C(=O)N[C@H](Cc3ccc(OC)c(Cl)c3)C(=O)NCC(C)(C)C(=O)O[C@@H](CC(C)C)C(=O)O2)cc1. The van der Waals surface area contributed by atoms with E-state index < -0.39 is 65.5 Å². The molecule has 22 heteroatoms. The molecule has 2 aromatic rings. The molecular formula is C64H99ClN6O15. The van der Waals surface area contributed by atoms with Crippen LogP contribution < -0.4 is 37.1 Å². The van der Waals surface area contributed by atoms with Crippen molar-refractivity contribution in [3.05, 3.63) is 89.0 Å². The Balaban J connectivity index is 1.37. The Kier molecular flexibility index (Phi) is 35.0. The topological polar surface area (TPSA) is 280 Å². The molecule has 0 bridgehead atoms. The molecular weight excluding hydrogens is 1130 g/mol. The highest BCUT2D eigenvalue weighted by Gasteiger charge is 2.38. The lowest BCUT2D eigenvalue weighted by molar-refractivity contribution is -0.179. The average molecular weight is 1230 g/mol. The number of unbranched alkanes of at least 4 members (excludes halogenated alkanes) is 1. The zero-order valence-electron chi connectivity index (χ0n) is 52.4. The summed E-state index contributed by atoms with van der Waals surface area (Å²) in [6.45, 7) is 22.2. The maximum atomic E-state index is 13.8. The second-order valence-corrected chi connectivity index (χ2v) is 23.2. The molecule has 0 saturated carbocycles. The van der Waals surface area contributed by atoms with Crippen LogP contribution in [-0.2, 0) is 81.4 Å². The van der Waals surface area contributed by atoms with Crippen LogP contribution in [0.2, 0.25) is 5.02 Å². The number of nitrogens with one attached hydrogen (secondary N) is 5. The van der Waals surface area contributed by atoms with E-state index in [2.05, 4.69) is 53.9 Å². The number of halogens is 1. The van der Waals surface area contributed by atoms with Crippen LogP contribution in [0.3, 0.4) is 0 Å². The summed E-state index contributed by atoms with van der Waals surface area (Å²) in [6.07, 6.45) is 7.78. The van der Waals surface area contributed by atoms with Crippen molar-refractivity contribution in [3.63, 3.8) is 0 Å². The van der Waals surface area contributed by atoms with Gasteiger partial charge in [-0.2, -0.15) is 0 Å². The quantitative estimate of drug-likeness (QED) is 0.0166. The standard InChI is InChI=1S/C64H99ClN6O15/c1-11-46(7)64(12-2,13-3)71-51(17-14-15-29-66)59(75)70-57(73)28-31-80-33-35-82-37-38-83-36-34-81-32-30-67-62(78)84-42-48-24-22-47(23-25-48)21-20-45(6)53-18-16-19-56(72)69-52(41-49-26-27-54(79-10)50(65)40-49)58(74)68-43-63(8,9)61(77)86-55(39-44(4)5)60(76)85-53/h11,16,19,22-27,40,44-46,51-53,55,71H,1,12-15,17-18,20-21,28-39,41-43,66H2,2-10H3,(H,67,78)(H,68,74)(H,69,72)(H,70,73,75)/b19-16+/t45?,46?,51-,52+,53-,55-/m0/s1. The van der Waals surface area contributed by atoms with Crippen molar-refractivity contribution in [2.75, 3.05) is 79.6 Å². The van der Waals surface area contributed by atoms with Crippen LogP contribution in [0.25, 0.3) is 0 Å². The summed E-state index contributed by atoms with van der Waals surface area (Å²) in [5, 5.41) is 14.7. The molecule has 0 aromatic heterocycles. The molecule has 3 rings (SSSR count). The Morgan fingerprint density at radius 3 is 2.09 bits per heavy atom. The van der Waals surface area contributed by atoms with E-state index in [4.69, 9.17) is 55.2 Å². The molecule has 0 saturated heterocycles. The third kappa shape index (κ3) is 27.8. The number of methoxy groups -OCH3 is 1. The van der Waals surface area contributed by atoms with Gasteiger partial charge in [-0.15, -0.1) is 6.58 Å². The van der Waals surface area contributed by atoms with Gasteiger partial charge in [0.2, 0.25) is 23.6 Å². The Morgan fingerprint density at radius 1 is 0.860 bits per heavy atom. The van der Waals surface area contributed by atoms with Crippen LogP contribution in [0.15, 0.2) is 67.3 Å². The second kappa shape index (κ2) is 40.5. The maximum absolute atomic E-state index is 13.8. The molecule has 2 aromatic carbocycles. The molecule has 7 N–H and O–H groups in total. The number of alkyl carbamates (subject to hydrolysis) is 1. The van der Waals surface area contributed by atoms with Gasteiger partial charge in [0.15, 0.2) is 6.10 Å². The summed E-state index contributed by atoms with van der Waals surface area (Å²) in [5.74, 6) is -2.84. The highest BCUT2D eigenvalue weighted by molar-refractivity contribution is 6.32. The lowest BCUT2D eigenvalue weighted by Crippen LogP contribution is -2.58. The van der Waals surface area contributed by atoms with Crippen LogP contribution in [0.4, 0.5) is 4.79 Å². The number of nitrogens with two attached hydrogens (primary N) is 1. The minimum atomic E-state index is -1.25. The number of aryl methyl sites for hydroxylation is 1. The number of hydrogen-bond donors (Lipinski definition) is 6. The fourth-order valence-electron chi connectivity index (χ4n) is 9.43. The Morgan fingerprint density at radius 2 is 1.49 bits per heavy atom. The maximum Gasteiger partial charge on any atom is 0.407 e. The van der Waals surface area contributed by atoms with Crippen molar-refractivity contribution in [2.24, 2.45) is 28.9 Å². The summed E-state index contributed by atoms with van der Waals surface area (Å²) >= 11 is 6.38. The number of esters is 2. The van der Waals surface area contributed by atoms with Crippen LogP contribution in [0.5, 0.6) is 5.75 Å². The van der Waals surface area contributed by atoms with Crippen LogP contribution in [0.1, 0.15) is 130 Å². The highest BCUT2D eigenvalue weighted by Crippen LogP contribution is 2.29. The van der Waals surface area contributed by atoms with Gasteiger partial charge in [0.1, 0.15) is 24.5 Å². The predicted octanol–water partition coefficient (Wildman–Crippen LogP) is 7.41. The number of hydrogen-bond acceptors (Lipinski definition) is 17.